The molecule has 0 saturated carbocycles. The van der Waals surface area contributed by atoms with Gasteiger partial charge in [-0.2, -0.15) is 0 Å². The van der Waals surface area contributed by atoms with Crippen LogP contribution in [0, 0.1) is 12.3 Å². The number of ether oxygens (including phenoxy) is 1. The molecule has 1 nitrogen and oxygen atoms in total. The van der Waals surface area contributed by atoms with E-state index >= 15 is 0 Å². The monoisotopic (exact) mass is 192 g/mol. The van der Waals surface area contributed by atoms with Gasteiger partial charge in [-0.3, -0.25) is 0 Å². The highest BCUT2D eigenvalue weighted by Gasteiger charge is 2.17. The van der Waals surface area contributed by atoms with Crippen molar-refractivity contribution in [3.05, 3.63) is 35.4 Å². The Morgan fingerprint density at radius 3 is 2.57 bits per heavy atom. The van der Waals surface area contributed by atoms with Crippen LogP contribution < -0.4 is 0 Å². The summed E-state index contributed by atoms with van der Waals surface area (Å²) >= 11 is 0. The highest BCUT2D eigenvalue weighted by atomic mass is 16.5. The molecule has 0 aliphatic rings. The van der Waals surface area contributed by atoms with E-state index in [2.05, 4.69) is 45.0 Å². The van der Waals surface area contributed by atoms with Crippen LogP contribution in [0.4, 0.5) is 0 Å². The van der Waals surface area contributed by atoms with E-state index in [0.29, 0.717) is 0 Å². The van der Waals surface area contributed by atoms with Crippen molar-refractivity contribution in [3.63, 3.8) is 0 Å². The molecule has 0 atom stereocenters. The zero-order chi connectivity index (χ0) is 10.6. The normalized spacial score (nSPS) is 11.7. The lowest BCUT2D eigenvalue weighted by Gasteiger charge is -2.23. The van der Waals surface area contributed by atoms with Crippen LogP contribution >= 0.6 is 0 Å². The van der Waals surface area contributed by atoms with Gasteiger partial charge in [0.25, 0.3) is 0 Å². The smallest absolute Gasteiger partial charge is 0.0516 e. The minimum atomic E-state index is 0.225. The van der Waals surface area contributed by atoms with Gasteiger partial charge in [0.05, 0.1) is 6.61 Å². The summed E-state index contributed by atoms with van der Waals surface area (Å²) in [4.78, 5) is 0. The van der Waals surface area contributed by atoms with Crippen LogP contribution in [0.15, 0.2) is 24.3 Å². The number of hydrogen-bond donors (Lipinski definition) is 0. The van der Waals surface area contributed by atoms with Gasteiger partial charge in [0, 0.05) is 7.11 Å². The van der Waals surface area contributed by atoms with Gasteiger partial charge in [0.15, 0.2) is 0 Å². The second kappa shape index (κ2) is 4.61. The number of hydrogen-bond acceptors (Lipinski definition) is 1. The summed E-state index contributed by atoms with van der Waals surface area (Å²) in [6, 6.07) is 8.68. The lowest BCUT2D eigenvalue weighted by molar-refractivity contribution is 0.105. The molecule has 0 N–H and O–H groups in total. The molecule has 1 rings (SSSR count). The van der Waals surface area contributed by atoms with Crippen molar-refractivity contribution in [2.24, 2.45) is 5.41 Å². The van der Waals surface area contributed by atoms with Crippen molar-refractivity contribution in [2.45, 2.75) is 27.2 Å². The van der Waals surface area contributed by atoms with Crippen molar-refractivity contribution in [1.29, 1.82) is 0 Å². The van der Waals surface area contributed by atoms with Crippen LogP contribution in [-0.4, -0.2) is 13.7 Å². The summed E-state index contributed by atoms with van der Waals surface area (Å²) in [6.45, 7) is 7.41. The van der Waals surface area contributed by atoms with Gasteiger partial charge in [-0.15, -0.1) is 0 Å². The molecular formula is C13H20O. The molecule has 0 saturated heterocycles. The number of aryl methyl sites for hydroxylation is 1. The molecule has 1 aromatic carbocycles. The first-order chi connectivity index (χ1) is 6.53. The molecule has 0 bridgehead atoms. The van der Waals surface area contributed by atoms with Crippen molar-refractivity contribution in [1.82, 2.24) is 0 Å². The van der Waals surface area contributed by atoms with E-state index in [1.807, 2.05) is 0 Å². The molecule has 78 valence electrons. The minimum Gasteiger partial charge on any atom is -0.384 e. The van der Waals surface area contributed by atoms with Crippen molar-refractivity contribution >= 4 is 0 Å². The highest BCUT2D eigenvalue weighted by Crippen LogP contribution is 2.22. The first kappa shape index (κ1) is 11.3. The molecule has 14 heavy (non-hydrogen) atoms. The molecule has 0 fully saturated rings. The van der Waals surface area contributed by atoms with E-state index in [1.54, 1.807) is 7.11 Å². The Labute approximate surface area is 87.1 Å². The SMILES string of the molecule is COCC(C)(C)Cc1cccc(C)c1. The van der Waals surface area contributed by atoms with Crippen LogP contribution in [0.2, 0.25) is 0 Å². The predicted molar refractivity (Wildman–Crippen MR) is 60.5 cm³/mol. The molecule has 0 amide bonds. The van der Waals surface area contributed by atoms with Gasteiger partial charge in [0.1, 0.15) is 0 Å². The van der Waals surface area contributed by atoms with Gasteiger partial charge >= 0.3 is 0 Å². The molecule has 1 heteroatoms. The van der Waals surface area contributed by atoms with Crippen molar-refractivity contribution in [3.8, 4) is 0 Å². The highest BCUT2D eigenvalue weighted by molar-refractivity contribution is 5.23. The molecule has 1 aromatic rings. The van der Waals surface area contributed by atoms with Crippen LogP contribution in [0.3, 0.4) is 0 Å². The van der Waals surface area contributed by atoms with E-state index in [-0.39, 0.29) is 5.41 Å². The van der Waals surface area contributed by atoms with Gasteiger partial charge in [-0.05, 0) is 24.3 Å². The standard InChI is InChI=1S/C13H20O/c1-11-6-5-7-12(8-11)9-13(2,3)10-14-4/h5-8H,9-10H2,1-4H3. The second-order valence-electron chi connectivity index (χ2n) is 4.76. The van der Waals surface area contributed by atoms with Crippen molar-refractivity contribution in [2.75, 3.05) is 13.7 Å². The number of benzene rings is 1. The fourth-order valence-electron chi connectivity index (χ4n) is 1.82. The summed E-state index contributed by atoms with van der Waals surface area (Å²) in [5.74, 6) is 0. The Bertz CT molecular complexity index is 289. The molecule has 0 aromatic heterocycles. The predicted octanol–water partition coefficient (Wildman–Crippen LogP) is 3.21. The molecule has 0 spiro atoms. The summed E-state index contributed by atoms with van der Waals surface area (Å²) in [5.41, 5.74) is 2.95. The van der Waals surface area contributed by atoms with E-state index in [9.17, 15) is 0 Å². The summed E-state index contributed by atoms with van der Waals surface area (Å²) in [5, 5.41) is 0. The van der Waals surface area contributed by atoms with E-state index in [0.717, 1.165) is 13.0 Å². The third kappa shape index (κ3) is 3.51. The fourth-order valence-corrected chi connectivity index (χ4v) is 1.82. The van der Waals surface area contributed by atoms with Crippen LogP contribution in [-0.2, 0) is 11.2 Å². The largest absolute Gasteiger partial charge is 0.384 e. The minimum absolute atomic E-state index is 0.225. The Morgan fingerprint density at radius 2 is 2.00 bits per heavy atom. The molecule has 0 aliphatic heterocycles. The lowest BCUT2D eigenvalue weighted by Crippen LogP contribution is -2.21. The Hall–Kier alpha value is -0.820. The number of methoxy groups -OCH3 is 1. The maximum Gasteiger partial charge on any atom is 0.0516 e. The lowest BCUT2D eigenvalue weighted by atomic mass is 9.86. The second-order valence-corrected chi connectivity index (χ2v) is 4.76. The van der Waals surface area contributed by atoms with Crippen molar-refractivity contribution < 1.29 is 4.74 Å². The maximum atomic E-state index is 5.21. The molecule has 0 aliphatic carbocycles. The first-order valence-corrected chi connectivity index (χ1v) is 5.08. The Morgan fingerprint density at radius 1 is 1.29 bits per heavy atom. The maximum absolute atomic E-state index is 5.21. The summed E-state index contributed by atoms with van der Waals surface area (Å²) in [6.07, 6.45) is 1.07. The van der Waals surface area contributed by atoms with E-state index in [1.165, 1.54) is 11.1 Å². The summed E-state index contributed by atoms with van der Waals surface area (Å²) < 4.78 is 5.21. The van der Waals surface area contributed by atoms with Gasteiger partial charge in [0.2, 0.25) is 0 Å². The Kier molecular flexibility index (Phi) is 3.70. The van der Waals surface area contributed by atoms with E-state index in [4.69, 9.17) is 4.74 Å². The van der Waals surface area contributed by atoms with Gasteiger partial charge in [-0.1, -0.05) is 43.7 Å². The zero-order valence-electron chi connectivity index (χ0n) is 9.63. The van der Waals surface area contributed by atoms with Gasteiger partial charge < -0.3 is 4.74 Å². The van der Waals surface area contributed by atoms with Gasteiger partial charge in [-0.25, -0.2) is 0 Å². The third-order valence-corrected chi connectivity index (χ3v) is 2.30. The first-order valence-electron chi connectivity index (χ1n) is 5.08. The van der Waals surface area contributed by atoms with Crippen LogP contribution in [0.1, 0.15) is 25.0 Å². The average molecular weight is 192 g/mol. The molecule has 0 unspecified atom stereocenters. The number of rotatable bonds is 4. The summed E-state index contributed by atoms with van der Waals surface area (Å²) in [7, 11) is 1.76. The fraction of sp³-hybridized carbons (Fsp3) is 0.538. The molecule has 0 radical (unpaired) electrons. The van der Waals surface area contributed by atoms with E-state index < -0.39 is 0 Å². The molecule has 0 heterocycles. The van der Waals surface area contributed by atoms with Crippen LogP contribution in [0.25, 0.3) is 0 Å². The quantitative estimate of drug-likeness (QED) is 0.711. The Balaban J connectivity index is 2.68. The molecular weight excluding hydrogens is 172 g/mol. The average Bonchev–Trinajstić information content (AvgIpc) is 2.02. The third-order valence-electron chi connectivity index (χ3n) is 2.30. The zero-order valence-corrected chi connectivity index (χ0v) is 9.63. The van der Waals surface area contributed by atoms with Crippen LogP contribution in [0.5, 0.6) is 0 Å². The topological polar surface area (TPSA) is 9.23 Å².